The first-order valence-electron chi connectivity index (χ1n) is 6.20. The van der Waals surface area contributed by atoms with Crippen LogP contribution >= 0.6 is 35.4 Å². The first-order chi connectivity index (χ1) is 9.60. The van der Waals surface area contributed by atoms with Crippen molar-refractivity contribution in [2.45, 2.75) is 6.92 Å². The zero-order chi connectivity index (χ0) is 14.5. The number of thiocarbonyl (C=S) groups is 1. The van der Waals surface area contributed by atoms with E-state index >= 15 is 0 Å². The maximum Gasteiger partial charge on any atom is 0.177 e. The Bertz CT molecular complexity index is 582. The smallest absolute Gasteiger partial charge is 0.177 e. The summed E-state index contributed by atoms with van der Waals surface area (Å²) in [6.45, 7) is 2.82. The molecule has 0 heterocycles. The Balaban J connectivity index is 2.18. The van der Waals surface area contributed by atoms with Crippen LogP contribution in [0.4, 0.5) is 11.4 Å². The molecule has 0 bridgehead atoms. The van der Waals surface area contributed by atoms with Gasteiger partial charge in [-0.15, -0.1) is 0 Å². The number of hydrogen-bond acceptors (Lipinski definition) is 1. The third-order valence-corrected chi connectivity index (χ3v) is 3.50. The van der Waals surface area contributed by atoms with Crippen LogP contribution in [0.15, 0.2) is 48.5 Å². The second-order valence-corrected chi connectivity index (χ2v) is 5.43. The van der Waals surface area contributed by atoms with Crippen LogP contribution < -0.4 is 10.2 Å². The molecule has 1 N–H and O–H groups in total. The Morgan fingerprint density at radius 3 is 2.25 bits per heavy atom. The maximum atomic E-state index is 5.98. The Morgan fingerprint density at radius 2 is 1.70 bits per heavy atom. The van der Waals surface area contributed by atoms with E-state index in [4.69, 9.17) is 35.4 Å². The molecule has 2 nitrogen and oxygen atoms in total. The zero-order valence-electron chi connectivity index (χ0n) is 10.9. The summed E-state index contributed by atoms with van der Waals surface area (Å²) in [6.07, 6.45) is 0. The lowest BCUT2D eigenvalue weighted by Crippen LogP contribution is -2.34. The minimum atomic E-state index is 0.575. The van der Waals surface area contributed by atoms with Gasteiger partial charge in [0.15, 0.2) is 5.11 Å². The number of halogens is 2. The van der Waals surface area contributed by atoms with E-state index in [2.05, 4.69) is 5.32 Å². The van der Waals surface area contributed by atoms with Crippen LogP contribution in [-0.4, -0.2) is 11.7 Å². The van der Waals surface area contributed by atoms with Crippen LogP contribution in [0.1, 0.15) is 6.92 Å². The quantitative estimate of drug-likeness (QED) is 0.779. The lowest BCUT2D eigenvalue weighted by Gasteiger charge is -2.24. The van der Waals surface area contributed by atoms with Gasteiger partial charge in [-0.3, -0.25) is 0 Å². The summed E-state index contributed by atoms with van der Waals surface area (Å²) in [5, 5.41) is 4.92. The van der Waals surface area contributed by atoms with Gasteiger partial charge in [0.25, 0.3) is 0 Å². The molecule has 2 aromatic rings. The Labute approximate surface area is 134 Å². The van der Waals surface area contributed by atoms with Crippen molar-refractivity contribution in [1.82, 2.24) is 0 Å². The predicted octanol–water partition coefficient (Wildman–Crippen LogP) is 5.22. The van der Waals surface area contributed by atoms with E-state index in [1.807, 2.05) is 42.2 Å². The van der Waals surface area contributed by atoms with Gasteiger partial charge in [-0.05, 0) is 49.5 Å². The fraction of sp³-hybridized carbons (Fsp3) is 0.133. The van der Waals surface area contributed by atoms with E-state index in [-0.39, 0.29) is 0 Å². The highest BCUT2D eigenvalue weighted by Crippen LogP contribution is 2.23. The van der Waals surface area contributed by atoms with E-state index in [9.17, 15) is 0 Å². The summed E-state index contributed by atoms with van der Waals surface area (Å²) < 4.78 is 0. The molecule has 0 aliphatic carbocycles. The highest BCUT2D eigenvalue weighted by atomic mass is 35.5. The number of anilines is 2. The van der Waals surface area contributed by atoms with E-state index in [1.165, 1.54) is 0 Å². The number of nitrogens with one attached hydrogen (secondary N) is 1. The number of benzene rings is 2. The number of nitrogens with zero attached hydrogens (tertiary/aromatic N) is 1. The van der Waals surface area contributed by atoms with Crippen LogP contribution in [0.5, 0.6) is 0 Å². The van der Waals surface area contributed by atoms with Crippen LogP contribution in [0.2, 0.25) is 10.0 Å². The second-order valence-electron chi connectivity index (χ2n) is 4.17. The fourth-order valence-electron chi connectivity index (χ4n) is 1.87. The minimum absolute atomic E-state index is 0.575. The first kappa shape index (κ1) is 15.1. The third kappa shape index (κ3) is 3.85. The summed E-state index contributed by atoms with van der Waals surface area (Å²) in [6, 6.07) is 15.2. The molecule has 2 rings (SSSR count). The molecule has 0 aliphatic heterocycles. The van der Waals surface area contributed by atoms with Crippen LogP contribution in [0.25, 0.3) is 0 Å². The standard InChI is InChI=1S/C15H14Cl2N2S/c1-2-19(14-6-4-3-5-7-14)15(20)18-13-9-11(16)8-12(17)10-13/h3-10H,2H2,1H3,(H,18,20). The molecular weight excluding hydrogens is 311 g/mol. The molecule has 0 aliphatic rings. The van der Waals surface area contributed by atoms with Crippen molar-refractivity contribution in [3.63, 3.8) is 0 Å². The molecule has 0 aromatic heterocycles. The molecule has 0 fully saturated rings. The highest BCUT2D eigenvalue weighted by Gasteiger charge is 2.10. The number of para-hydroxylation sites is 1. The summed E-state index contributed by atoms with van der Waals surface area (Å²) >= 11 is 17.4. The first-order valence-corrected chi connectivity index (χ1v) is 7.36. The molecule has 20 heavy (non-hydrogen) atoms. The van der Waals surface area contributed by atoms with Crippen LogP contribution in [0, 0.1) is 0 Å². The van der Waals surface area contributed by atoms with Gasteiger partial charge in [-0.25, -0.2) is 0 Å². The van der Waals surface area contributed by atoms with Gasteiger partial charge in [0, 0.05) is 28.0 Å². The highest BCUT2D eigenvalue weighted by molar-refractivity contribution is 7.80. The van der Waals surface area contributed by atoms with Crippen molar-refractivity contribution >= 4 is 51.9 Å². The van der Waals surface area contributed by atoms with Crippen molar-refractivity contribution in [3.05, 3.63) is 58.6 Å². The van der Waals surface area contributed by atoms with Crippen molar-refractivity contribution in [3.8, 4) is 0 Å². The Hall–Kier alpha value is -1.29. The molecular formula is C15H14Cl2N2S. The molecule has 2 aromatic carbocycles. The average molecular weight is 325 g/mol. The molecule has 0 radical (unpaired) electrons. The molecule has 104 valence electrons. The SMILES string of the molecule is CCN(C(=S)Nc1cc(Cl)cc(Cl)c1)c1ccccc1. The number of rotatable bonds is 3. The molecule has 0 spiro atoms. The molecule has 0 atom stereocenters. The maximum absolute atomic E-state index is 5.98. The summed E-state index contributed by atoms with van der Waals surface area (Å²) in [5.41, 5.74) is 1.82. The van der Waals surface area contributed by atoms with E-state index in [1.54, 1.807) is 18.2 Å². The largest absolute Gasteiger partial charge is 0.332 e. The molecule has 0 saturated carbocycles. The van der Waals surface area contributed by atoms with Gasteiger partial charge in [0.05, 0.1) is 0 Å². The van der Waals surface area contributed by atoms with E-state index in [0.29, 0.717) is 15.2 Å². The normalized spacial score (nSPS) is 10.2. The van der Waals surface area contributed by atoms with Crippen LogP contribution in [0.3, 0.4) is 0 Å². The van der Waals surface area contributed by atoms with E-state index in [0.717, 1.165) is 17.9 Å². The summed E-state index contributed by atoms with van der Waals surface area (Å²) in [7, 11) is 0. The lowest BCUT2D eigenvalue weighted by molar-refractivity contribution is 1.07. The van der Waals surface area contributed by atoms with Gasteiger partial charge in [0.1, 0.15) is 0 Å². The minimum Gasteiger partial charge on any atom is -0.332 e. The van der Waals surface area contributed by atoms with Crippen molar-refractivity contribution in [2.75, 3.05) is 16.8 Å². The molecule has 0 unspecified atom stereocenters. The zero-order valence-corrected chi connectivity index (χ0v) is 13.3. The third-order valence-electron chi connectivity index (χ3n) is 2.74. The van der Waals surface area contributed by atoms with Crippen molar-refractivity contribution in [1.29, 1.82) is 0 Å². The van der Waals surface area contributed by atoms with Gasteiger partial charge in [-0.1, -0.05) is 41.4 Å². The average Bonchev–Trinajstić information content (AvgIpc) is 2.39. The Kier molecular flexibility index (Phi) is 5.24. The summed E-state index contributed by atoms with van der Waals surface area (Å²) in [5.74, 6) is 0. The van der Waals surface area contributed by atoms with Crippen molar-refractivity contribution in [2.24, 2.45) is 0 Å². The van der Waals surface area contributed by atoms with Gasteiger partial charge >= 0.3 is 0 Å². The second kappa shape index (κ2) is 6.93. The Morgan fingerprint density at radius 1 is 1.10 bits per heavy atom. The van der Waals surface area contributed by atoms with E-state index < -0.39 is 0 Å². The predicted molar refractivity (Wildman–Crippen MR) is 92.1 cm³/mol. The van der Waals surface area contributed by atoms with Gasteiger partial charge < -0.3 is 10.2 Å². The monoisotopic (exact) mass is 324 g/mol. The molecule has 5 heteroatoms. The van der Waals surface area contributed by atoms with Gasteiger partial charge in [0.2, 0.25) is 0 Å². The fourth-order valence-corrected chi connectivity index (χ4v) is 2.75. The van der Waals surface area contributed by atoms with Crippen LogP contribution in [-0.2, 0) is 0 Å². The van der Waals surface area contributed by atoms with Crippen molar-refractivity contribution < 1.29 is 0 Å². The molecule has 0 amide bonds. The molecule has 0 saturated heterocycles. The van der Waals surface area contributed by atoms with Gasteiger partial charge in [-0.2, -0.15) is 0 Å². The topological polar surface area (TPSA) is 15.3 Å². The number of hydrogen-bond donors (Lipinski definition) is 1. The summed E-state index contributed by atoms with van der Waals surface area (Å²) in [4.78, 5) is 2.00. The lowest BCUT2D eigenvalue weighted by atomic mass is 10.3.